The van der Waals surface area contributed by atoms with Crippen molar-refractivity contribution in [1.82, 2.24) is 19.6 Å². The van der Waals surface area contributed by atoms with Crippen LogP contribution >= 0.6 is 11.6 Å². The minimum atomic E-state index is -0.663. The number of halogens is 1. The van der Waals surface area contributed by atoms with E-state index in [0.717, 1.165) is 17.8 Å². The van der Waals surface area contributed by atoms with Crippen LogP contribution in [-0.4, -0.2) is 24.7 Å². The highest BCUT2D eigenvalue weighted by atomic mass is 35.5. The van der Waals surface area contributed by atoms with Crippen LogP contribution in [-0.2, 0) is 26.9 Å². The number of nitrogens with zero attached hydrogens (tertiary/aromatic N) is 4. The third-order valence-electron chi connectivity index (χ3n) is 2.97. The normalized spacial score (nSPS) is 12.9. The molecule has 1 N–H and O–H groups in total. The molecule has 98 valence electrons. The van der Waals surface area contributed by atoms with E-state index in [-0.39, 0.29) is 0 Å². The van der Waals surface area contributed by atoms with Gasteiger partial charge in [0.05, 0.1) is 22.1 Å². The van der Waals surface area contributed by atoms with Crippen LogP contribution in [0.15, 0.2) is 12.3 Å². The average molecular weight is 269 g/mol. The lowest BCUT2D eigenvalue weighted by Gasteiger charge is -2.08. The molecule has 0 radical (unpaired) electrons. The Morgan fingerprint density at radius 1 is 1.39 bits per heavy atom. The van der Waals surface area contributed by atoms with Crippen LogP contribution in [0.2, 0.25) is 5.02 Å². The smallest absolute Gasteiger partial charge is 0.103 e. The Morgan fingerprint density at radius 3 is 2.61 bits per heavy atom. The lowest BCUT2D eigenvalue weighted by Crippen LogP contribution is -2.08. The lowest BCUT2D eigenvalue weighted by molar-refractivity contribution is 0.170. The molecule has 0 saturated carbocycles. The van der Waals surface area contributed by atoms with Crippen LogP contribution in [0.25, 0.3) is 0 Å². The summed E-state index contributed by atoms with van der Waals surface area (Å²) in [7, 11) is 3.66. The summed E-state index contributed by atoms with van der Waals surface area (Å²) in [6.07, 6.45) is 2.34. The van der Waals surface area contributed by atoms with Gasteiger partial charge in [-0.2, -0.15) is 10.2 Å². The maximum atomic E-state index is 10.1. The molecule has 0 aliphatic carbocycles. The highest BCUT2D eigenvalue weighted by Gasteiger charge is 2.18. The molecule has 0 fully saturated rings. The van der Waals surface area contributed by atoms with E-state index >= 15 is 0 Å². The fourth-order valence-electron chi connectivity index (χ4n) is 1.94. The molecule has 0 spiro atoms. The molecular weight excluding hydrogens is 252 g/mol. The summed E-state index contributed by atoms with van der Waals surface area (Å²) in [6.45, 7) is 2.01. The maximum absolute atomic E-state index is 10.1. The Labute approximate surface area is 111 Å². The van der Waals surface area contributed by atoms with Gasteiger partial charge in [0.2, 0.25) is 0 Å². The molecule has 5 nitrogen and oxygen atoms in total. The van der Waals surface area contributed by atoms with Crippen molar-refractivity contribution in [3.63, 3.8) is 0 Å². The summed E-state index contributed by atoms with van der Waals surface area (Å²) < 4.78 is 3.40. The first-order chi connectivity index (χ1) is 8.52. The zero-order valence-corrected chi connectivity index (χ0v) is 11.5. The zero-order chi connectivity index (χ0) is 13.3. The summed E-state index contributed by atoms with van der Waals surface area (Å²) in [4.78, 5) is 0. The fourth-order valence-corrected chi connectivity index (χ4v) is 2.31. The van der Waals surface area contributed by atoms with E-state index in [1.807, 2.05) is 21.0 Å². The van der Waals surface area contributed by atoms with Gasteiger partial charge in [-0.3, -0.25) is 9.36 Å². The van der Waals surface area contributed by atoms with Crippen LogP contribution in [0.1, 0.15) is 30.1 Å². The number of aryl methyl sites for hydroxylation is 3. The third kappa shape index (κ3) is 2.42. The van der Waals surface area contributed by atoms with Crippen LogP contribution in [0, 0.1) is 0 Å². The minimum Gasteiger partial charge on any atom is -0.386 e. The number of hydrogen-bond acceptors (Lipinski definition) is 3. The van der Waals surface area contributed by atoms with Crippen LogP contribution in [0.4, 0.5) is 0 Å². The first-order valence-corrected chi connectivity index (χ1v) is 6.28. The number of rotatable bonds is 4. The summed E-state index contributed by atoms with van der Waals surface area (Å²) in [6, 6.07) is 1.80. The van der Waals surface area contributed by atoms with Crippen molar-refractivity contribution in [2.24, 2.45) is 14.1 Å². The Balaban J connectivity index is 2.21. The zero-order valence-electron chi connectivity index (χ0n) is 10.8. The van der Waals surface area contributed by atoms with E-state index in [1.165, 1.54) is 0 Å². The van der Waals surface area contributed by atoms with Gasteiger partial charge in [0.25, 0.3) is 0 Å². The van der Waals surface area contributed by atoms with Crippen LogP contribution < -0.4 is 0 Å². The predicted octanol–water partition coefficient (Wildman–Crippen LogP) is 1.65. The quantitative estimate of drug-likeness (QED) is 0.917. The SMILES string of the molecule is CCc1nn(C)c(CC(O)c2ccn(C)n2)c1Cl. The number of aromatic nitrogens is 4. The lowest BCUT2D eigenvalue weighted by atomic mass is 10.1. The Kier molecular flexibility index (Phi) is 3.73. The van der Waals surface area contributed by atoms with Gasteiger partial charge in [0.15, 0.2) is 0 Å². The molecule has 1 atom stereocenters. The molecule has 0 bridgehead atoms. The Morgan fingerprint density at radius 2 is 2.11 bits per heavy atom. The van der Waals surface area contributed by atoms with E-state index in [0.29, 0.717) is 17.1 Å². The monoisotopic (exact) mass is 268 g/mol. The van der Waals surface area contributed by atoms with Crippen molar-refractivity contribution in [3.05, 3.63) is 34.4 Å². The Hall–Kier alpha value is -1.33. The Bertz CT molecular complexity index is 546. The molecule has 0 aliphatic heterocycles. The number of hydrogen-bond donors (Lipinski definition) is 1. The molecule has 0 aliphatic rings. The second kappa shape index (κ2) is 5.12. The molecule has 0 aromatic carbocycles. The fraction of sp³-hybridized carbons (Fsp3) is 0.500. The van der Waals surface area contributed by atoms with E-state index < -0.39 is 6.10 Å². The van der Waals surface area contributed by atoms with Crippen LogP contribution in [0.3, 0.4) is 0 Å². The molecule has 2 aromatic heterocycles. The standard InChI is InChI=1S/C12H17ClN4O/c1-4-8-12(13)10(17(3)15-8)7-11(18)9-5-6-16(2)14-9/h5-6,11,18H,4,7H2,1-3H3. The number of aliphatic hydroxyl groups is 1. The molecular formula is C12H17ClN4O. The van der Waals surface area contributed by atoms with Crippen molar-refractivity contribution in [2.45, 2.75) is 25.9 Å². The summed E-state index contributed by atoms with van der Waals surface area (Å²) in [5.74, 6) is 0. The van der Waals surface area contributed by atoms with Crippen molar-refractivity contribution in [3.8, 4) is 0 Å². The molecule has 18 heavy (non-hydrogen) atoms. The van der Waals surface area contributed by atoms with Crippen molar-refractivity contribution < 1.29 is 5.11 Å². The molecule has 1 unspecified atom stereocenters. The van der Waals surface area contributed by atoms with Gasteiger partial charge in [-0.25, -0.2) is 0 Å². The van der Waals surface area contributed by atoms with Gasteiger partial charge in [-0.1, -0.05) is 18.5 Å². The van der Waals surface area contributed by atoms with Crippen molar-refractivity contribution in [2.75, 3.05) is 0 Å². The van der Waals surface area contributed by atoms with E-state index in [1.54, 1.807) is 21.6 Å². The van der Waals surface area contributed by atoms with Gasteiger partial charge in [0.1, 0.15) is 6.10 Å². The molecule has 0 amide bonds. The minimum absolute atomic E-state index is 0.416. The summed E-state index contributed by atoms with van der Waals surface area (Å²) >= 11 is 6.25. The molecule has 0 saturated heterocycles. The van der Waals surface area contributed by atoms with E-state index in [9.17, 15) is 5.11 Å². The summed E-state index contributed by atoms with van der Waals surface area (Å²) in [5, 5.41) is 19.3. The highest BCUT2D eigenvalue weighted by Crippen LogP contribution is 2.25. The third-order valence-corrected chi connectivity index (χ3v) is 3.40. The molecule has 2 heterocycles. The van der Waals surface area contributed by atoms with E-state index in [4.69, 9.17) is 11.6 Å². The second-order valence-electron chi connectivity index (χ2n) is 4.32. The van der Waals surface area contributed by atoms with Crippen molar-refractivity contribution in [1.29, 1.82) is 0 Å². The largest absolute Gasteiger partial charge is 0.386 e. The highest BCUT2D eigenvalue weighted by molar-refractivity contribution is 6.31. The molecule has 2 rings (SSSR count). The van der Waals surface area contributed by atoms with Gasteiger partial charge < -0.3 is 5.11 Å². The maximum Gasteiger partial charge on any atom is 0.103 e. The van der Waals surface area contributed by atoms with Gasteiger partial charge >= 0.3 is 0 Å². The molecule has 2 aromatic rings. The van der Waals surface area contributed by atoms with Gasteiger partial charge in [-0.05, 0) is 12.5 Å². The number of aliphatic hydroxyl groups excluding tert-OH is 1. The van der Waals surface area contributed by atoms with E-state index in [2.05, 4.69) is 10.2 Å². The first kappa shape index (κ1) is 13.1. The predicted molar refractivity (Wildman–Crippen MR) is 69.5 cm³/mol. The topological polar surface area (TPSA) is 55.9 Å². The van der Waals surface area contributed by atoms with Gasteiger partial charge in [0, 0.05) is 26.7 Å². The van der Waals surface area contributed by atoms with Gasteiger partial charge in [-0.15, -0.1) is 0 Å². The van der Waals surface area contributed by atoms with Crippen molar-refractivity contribution >= 4 is 11.6 Å². The molecule has 6 heteroatoms. The van der Waals surface area contributed by atoms with Crippen LogP contribution in [0.5, 0.6) is 0 Å². The summed E-state index contributed by atoms with van der Waals surface area (Å²) in [5.41, 5.74) is 2.35. The average Bonchev–Trinajstić information content (AvgIpc) is 2.87. The second-order valence-corrected chi connectivity index (χ2v) is 4.70. The first-order valence-electron chi connectivity index (χ1n) is 5.90.